The third-order valence-electron chi connectivity index (χ3n) is 5.65. The highest BCUT2D eigenvalue weighted by molar-refractivity contribution is 5.92. The predicted octanol–water partition coefficient (Wildman–Crippen LogP) is 4.29. The first-order valence-electron chi connectivity index (χ1n) is 10.8. The van der Waals surface area contributed by atoms with Gasteiger partial charge in [-0.15, -0.1) is 0 Å². The summed E-state index contributed by atoms with van der Waals surface area (Å²) in [5.41, 5.74) is 2.32. The minimum absolute atomic E-state index is 0.0965. The summed E-state index contributed by atoms with van der Waals surface area (Å²) in [6.07, 6.45) is 3.53. The second-order valence-electron chi connectivity index (χ2n) is 7.93. The van der Waals surface area contributed by atoms with Crippen LogP contribution in [0.4, 0.5) is 5.69 Å². The molecule has 31 heavy (non-hydrogen) atoms. The van der Waals surface area contributed by atoms with Gasteiger partial charge in [0.2, 0.25) is 5.91 Å². The standard InChI is InChI=1S/C25H28N2O4/c1-18-16-25(29)27(22-11-4-2-9-20(18)22)14-13-24(28)26-21-10-3-5-12-23(21)31-17-19-8-6-7-15-30-19/h2-5,9-12,16,19H,6-8,13-15,17H2,1H3,(H,26,28)/t19-/m0/s1. The molecule has 0 bridgehead atoms. The van der Waals surface area contributed by atoms with Crippen LogP contribution in [0.1, 0.15) is 31.2 Å². The number of aromatic nitrogens is 1. The zero-order valence-corrected chi connectivity index (χ0v) is 17.8. The SMILES string of the molecule is Cc1cc(=O)n(CCC(=O)Nc2ccccc2OC[C@@H]2CCCCO2)c2ccccc12. The molecule has 1 amide bonds. The molecule has 1 fully saturated rings. The number of ether oxygens (including phenoxy) is 2. The number of amides is 1. The third kappa shape index (κ3) is 5.14. The fourth-order valence-corrected chi connectivity index (χ4v) is 3.98. The van der Waals surface area contributed by atoms with Crippen LogP contribution in [0, 0.1) is 6.92 Å². The Bertz CT molecular complexity index is 1120. The maximum atomic E-state index is 12.7. The number of hydrogen-bond donors (Lipinski definition) is 1. The van der Waals surface area contributed by atoms with Crippen molar-refractivity contribution in [1.29, 1.82) is 0 Å². The molecule has 1 aliphatic heterocycles. The van der Waals surface area contributed by atoms with Gasteiger partial charge in [0.25, 0.3) is 5.56 Å². The maximum Gasteiger partial charge on any atom is 0.251 e. The summed E-state index contributed by atoms with van der Waals surface area (Å²) >= 11 is 0. The van der Waals surface area contributed by atoms with Gasteiger partial charge in [-0.05, 0) is 49.9 Å². The topological polar surface area (TPSA) is 69.6 Å². The molecule has 0 saturated carbocycles. The van der Waals surface area contributed by atoms with Crippen molar-refractivity contribution in [1.82, 2.24) is 4.57 Å². The fourth-order valence-electron chi connectivity index (χ4n) is 3.98. The highest BCUT2D eigenvalue weighted by Crippen LogP contribution is 2.25. The minimum Gasteiger partial charge on any atom is -0.489 e. The molecule has 2 heterocycles. The Labute approximate surface area is 181 Å². The van der Waals surface area contributed by atoms with Crippen LogP contribution in [-0.2, 0) is 16.1 Å². The second-order valence-corrected chi connectivity index (χ2v) is 7.93. The van der Waals surface area contributed by atoms with Gasteiger partial charge in [-0.2, -0.15) is 0 Å². The molecular weight excluding hydrogens is 392 g/mol. The molecule has 4 rings (SSSR count). The van der Waals surface area contributed by atoms with Gasteiger partial charge in [0.05, 0.1) is 17.3 Å². The highest BCUT2D eigenvalue weighted by Gasteiger charge is 2.16. The first kappa shape index (κ1) is 21.1. The number of pyridine rings is 1. The fraction of sp³-hybridized carbons (Fsp3) is 0.360. The Morgan fingerprint density at radius 1 is 1.16 bits per heavy atom. The summed E-state index contributed by atoms with van der Waals surface area (Å²) in [6, 6.07) is 16.8. The van der Waals surface area contributed by atoms with E-state index >= 15 is 0 Å². The van der Waals surface area contributed by atoms with E-state index in [1.165, 1.54) is 0 Å². The number of hydrogen-bond acceptors (Lipinski definition) is 4. The van der Waals surface area contributed by atoms with Gasteiger partial charge in [-0.3, -0.25) is 9.59 Å². The molecule has 0 unspecified atom stereocenters. The lowest BCUT2D eigenvalue weighted by Crippen LogP contribution is -2.26. The summed E-state index contributed by atoms with van der Waals surface area (Å²) in [5, 5.41) is 3.95. The van der Waals surface area contributed by atoms with Crippen molar-refractivity contribution in [3.8, 4) is 5.75 Å². The smallest absolute Gasteiger partial charge is 0.251 e. The third-order valence-corrected chi connectivity index (χ3v) is 5.65. The number of fused-ring (bicyclic) bond motifs is 1. The van der Waals surface area contributed by atoms with E-state index in [4.69, 9.17) is 9.47 Å². The molecule has 3 aromatic rings. The zero-order chi connectivity index (χ0) is 21.6. The molecule has 1 saturated heterocycles. The highest BCUT2D eigenvalue weighted by atomic mass is 16.5. The van der Waals surface area contributed by atoms with Crippen LogP contribution < -0.4 is 15.6 Å². The zero-order valence-electron chi connectivity index (χ0n) is 17.8. The van der Waals surface area contributed by atoms with E-state index in [0.29, 0.717) is 24.6 Å². The molecule has 1 N–H and O–H groups in total. The van der Waals surface area contributed by atoms with Gasteiger partial charge >= 0.3 is 0 Å². The van der Waals surface area contributed by atoms with Gasteiger partial charge in [-0.25, -0.2) is 0 Å². The van der Waals surface area contributed by atoms with Crippen LogP contribution in [0.3, 0.4) is 0 Å². The predicted molar refractivity (Wildman–Crippen MR) is 122 cm³/mol. The average Bonchev–Trinajstić information content (AvgIpc) is 2.79. The number of nitrogens with one attached hydrogen (secondary N) is 1. The van der Waals surface area contributed by atoms with Crippen LogP contribution >= 0.6 is 0 Å². The molecule has 0 aliphatic carbocycles. The first-order chi connectivity index (χ1) is 15.1. The summed E-state index contributed by atoms with van der Waals surface area (Å²) in [5.74, 6) is 0.462. The number of carbonyl (C=O) groups excluding carboxylic acids is 1. The number of nitrogens with zero attached hydrogens (tertiary/aromatic N) is 1. The molecule has 6 nitrogen and oxygen atoms in total. The minimum atomic E-state index is -0.165. The molecule has 162 valence electrons. The number of aryl methyl sites for hydroxylation is 2. The molecule has 1 atom stereocenters. The quantitative estimate of drug-likeness (QED) is 0.619. The Kier molecular flexibility index (Phi) is 6.67. The van der Waals surface area contributed by atoms with Crippen LogP contribution in [-0.4, -0.2) is 29.8 Å². The first-order valence-corrected chi connectivity index (χ1v) is 10.8. The van der Waals surface area contributed by atoms with Crippen molar-refractivity contribution in [2.75, 3.05) is 18.5 Å². The summed E-state index contributed by atoms with van der Waals surface area (Å²) in [4.78, 5) is 25.2. The summed E-state index contributed by atoms with van der Waals surface area (Å²) < 4.78 is 13.3. The maximum absolute atomic E-state index is 12.7. The lowest BCUT2D eigenvalue weighted by Gasteiger charge is -2.23. The second kappa shape index (κ2) is 9.79. The Balaban J connectivity index is 1.41. The van der Waals surface area contributed by atoms with Crippen molar-refractivity contribution < 1.29 is 14.3 Å². The largest absolute Gasteiger partial charge is 0.489 e. The van der Waals surface area contributed by atoms with Crippen LogP contribution in [0.15, 0.2) is 59.4 Å². The van der Waals surface area contributed by atoms with E-state index < -0.39 is 0 Å². The monoisotopic (exact) mass is 420 g/mol. The van der Waals surface area contributed by atoms with E-state index in [1.807, 2.05) is 55.5 Å². The normalized spacial score (nSPS) is 16.2. The van der Waals surface area contributed by atoms with Gasteiger partial charge in [0.15, 0.2) is 0 Å². The Morgan fingerprint density at radius 3 is 2.81 bits per heavy atom. The average molecular weight is 421 g/mol. The number of rotatable bonds is 7. The van der Waals surface area contributed by atoms with Crippen molar-refractivity contribution >= 4 is 22.5 Å². The van der Waals surface area contributed by atoms with Crippen molar-refractivity contribution in [3.63, 3.8) is 0 Å². The molecule has 1 aliphatic rings. The van der Waals surface area contributed by atoms with Gasteiger partial charge in [0, 0.05) is 31.0 Å². The molecule has 2 aromatic carbocycles. The van der Waals surface area contributed by atoms with Crippen LogP contribution in [0.25, 0.3) is 10.9 Å². The molecule has 0 spiro atoms. The molecule has 1 aromatic heterocycles. The van der Waals surface area contributed by atoms with Crippen molar-refractivity contribution in [2.45, 2.75) is 45.3 Å². The number of anilines is 1. The van der Waals surface area contributed by atoms with Crippen LogP contribution in [0.5, 0.6) is 5.75 Å². The summed E-state index contributed by atoms with van der Waals surface area (Å²) in [6.45, 7) is 3.48. The number of benzene rings is 2. The Morgan fingerprint density at radius 2 is 1.97 bits per heavy atom. The number of carbonyl (C=O) groups is 1. The molecular formula is C25H28N2O4. The van der Waals surface area contributed by atoms with E-state index in [-0.39, 0.29) is 24.0 Å². The van der Waals surface area contributed by atoms with E-state index in [2.05, 4.69) is 5.32 Å². The van der Waals surface area contributed by atoms with Gasteiger partial charge < -0.3 is 19.4 Å². The summed E-state index contributed by atoms with van der Waals surface area (Å²) in [7, 11) is 0. The van der Waals surface area contributed by atoms with Gasteiger partial charge in [0.1, 0.15) is 12.4 Å². The lowest BCUT2D eigenvalue weighted by molar-refractivity contribution is -0.116. The molecule has 6 heteroatoms. The van der Waals surface area contributed by atoms with Crippen molar-refractivity contribution in [3.05, 3.63) is 70.5 Å². The van der Waals surface area contributed by atoms with E-state index in [9.17, 15) is 9.59 Å². The Hall–Kier alpha value is -3.12. The molecule has 0 radical (unpaired) electrons. The van der Waals surface area contributed by atoms with E-state index in [1.54, 1.807) is 10.6 Å². The van der Waals surface area contributed by atoms with Crippen LogP contribution in [0.2, 0.25) is 0 Å². The van der Waals surface area contributed by atoms with E-state index in [0.717, 1.165) is 42.3 Å². The van der Waals surface area contributed by atoms with Crippen molar-refractivity contribution in [2.24, 2.45) is 0 Å². The lowest BCUT2D eigenvalue weighted by atomic mass is 10.1. The van der Waals surface area contributed by atoms with Gasteiger partial charge in [-0.1, -0.05) is 30.3 Å². The number of para-hydroxylation sites is 3.